The molecule has 1 aromatic rings. The molecule has 1 unspecified atom stereocenters. The minimum absolute atomic E-state index is 0.0222. The Morgan fingerprint density at radius 3 is 3.00 bits per heavy atom. The largest absolute Gasteiger partial charge is 0.481 e. The third kappa shape index (κ3) is 2.15. The zero-order chi connectivity index (χ0) is 11.7. The Morgan fingerprint density at radius 2 is 2.44 bits per heavy atom. The number of carbonyl (C=O) groups is 1. The molecule has 1 atom stereocenters. The molecule has 1 aliphatic rings. The molecular weight excluding hydrogens is 295 g/mol. The number of anilines is 1. The monoisotopic (exact) mass is 304 g/mol. The second-order valence-electron chi connectivity index (χ2n) is 3.48. The fraction of sp³-hybridized carbons (Fsp3) is 0.400. The molecule has 0 saturated carbocycles. The van der Waals surface area contributed by atoms with E-state index < -0.39 is 0 Å². The van der Waals surface area contributed by atoms with Crippen molar-refractivity contribution < 1.29 is 9.53 Å². The summed E-state index contributed by atoms with van der Waals surface area (Å²) in [6, 6.07) is 1.72. The van der Waals surface area contributed by atoms with Gasteiger partial charge in [-0.15, -0.1) is 11.6 Å². The molecule has 6 heteroatoms. The predicted molar refractivity (Wildman–Crippen MR) is 65.1 cm³/mol. The number of amides is 1. The summed E-state index contributed by atoms with van der Waals surface area (Å²) in [5.74, 6) is 0.498. The van der Waals surface area contributed by atoms with E-state index in [1.807, 2.05) is 0 Å². The summed E-state index contributed by atoms with van der Waals surface area (Å²) in [5.41, 5.74) is 0.750. The molecule has 1 saturated heterocycles. The SMILES string of the molecule is COc1cc(N2CC(Cl)CC2=O)c(Br)cn1. The predicted octanol–water partition coefficient (Wildman–Crippen LogP) is 2.20. The first-order valence-electron chi connectivity index (χ1n) is 4.76. The summed E-state index contributed by atoms with van der Waals surface area (Å²) < 4.78 is 5.79. The highest BCUT2D eigenvalue weighted by molar-refractivity contribution is 9.10. The van der Waals surface area contributed by atoms with Crippen molar-refractivity contribution in [2.75, 3.05) is 18.6 Å². The van der Waals surface area contributed by atoms with Crippen molar-refractivity contribution in [2.24, 2.45) is 0 Å². The number of carbonyl (C=O) groups excluding carboxylic acids is 1. The quantitative estimate of drug-likeness (QED) is 0.787. The Morgan fingerprint density at radius 1 is 1.69 bits per heavy atom. The van der Waals surface area contributed by atoms with Gasteiger partial charge in [0.25, 0.3) is 0 Å². The lowest BCUT2D eigenvalue weighted by atomic mass is 10.3. The number of nitrogens with zero attached hydrogens (tertiary/aromatic N) is 2. The van der Waals surface area contributed by atoms with Gasteiger partial charge in [-0.2, -0.15) is 0 Å². The number of halogens is 2. The van der Waals surface area contributed by atoms with Crippen LogP contribution in [0.4, 0.5) is 5.69 Å². The number of hydrogen-bond donors (Lipinski definition) is 0. The average Bonchev–Trinajstić information content (AvgIpc) is 2.58. The first-order chi connectivity index (χ1) is 7.61. The molecule has 1 fully saturated rings. The van der Waals surface area contributed by atoms with E-state index in [-0.39, 0.29) is 11.3 Å². The van der Waals surface area contributed by atoms with Crippen molar-refractivity contribution in [1.29, 1.82) is 0 Å². The lowest BCUT2D eigenvalue weighted by Gasteiger charge is -2.17. The number of alkyl halides is 1. The smallest absolute Gasteiger partial charge is 0.228 e. The second kappa shape index (κ2) is 4.59. The molecule has 1 amide bonds. The summed E-state index contributed by atoms with van der Waals surface area (Å²) in [7, 11) is 1.54. The number of methoxy groups -OCH3 is 1. The highest BCUT2D eigenvalue weighted by atomic mass is 79.9. The van der Waals surface area contributed by atoms with E-state index in [9.17, 15) is 4.79 Å². The van der Waals surface area contributed by atoms with E-state index in [1.54, 1.807) is 17.2 Å². The van der Waals surface area contributed by atoms with Crippen molar-refractivity contribution in [3.8, 4) is 5.88 Å². The lowest BCUT2D eigenvalue weighted by molar-refractivity contribution is -0.117. The lowest BCUT2D eigenvalue weighted by Crippen LogP contribution is -2.25. The molecule has 16 heavy (non-hydrogen) atoms. The molecule has 0 spiro atoms. The van der Waals surface area contributed by atoms with Gasteiger partial charge in [0.2, 0.25) is 11.8 Å². The summed E-state index contributed by atoms with van der Waals surface area (Å²) in [6.45, 7) is 0.520. The molecule has 2 rings (SSSR count). The van der Waals surface area contributed by atoms with Crippen LogP contribution in [0.25, 0.3) is 0 Å². The van der Waals surface area contributed by atoms with Gasteiger partial charge in [-0.05, 0) is 15.9 Å². The minimum atomic E-state index is -0.126. The van der Waals surface area contributed by atoms with Gasteiger partial charge in [0.1, 0.15) is 0 Å². The summed E-state index contributed by atoms with van der Waals surface area (Å²) >= 11 is 9.32. The number of hydrogen-bond acceptors (Lipinski definition) is 3. The van der Waals surface area contributed by atoms with Crippen LogP contribution in [0.5, 0.6) is 5.88 Å². The average molecular weight is 306 g/mol. The third-order valence-corrected chi connectivity index (χ3v) is 3.29. The maximum Gasteiger partial charge on any atom is 0.228 e. The molecule has 1 aromatic heterocycles. The van der Waals surface area contributed by atoms with E-state index >= 15 is 0 Å². The van der Waals surface area contributed by atoms with Crippen molar-refractivity contribution in [1.82, 2.24) is 4.98 Å². The minimum Gasteiger partial charge on any atom is -0.481 e. The van der Waals surface area contributed by atoms with Crippen LogP contribution in [0, 0.1) is 0 Å². The van der Waals surface area contributed by atoms with Gasteiger partial charge in [0, 0.05) is 25.2 Å². The van der Waals surface area contributed by atoms with Gasteiger partial charge in [-0.1, -0.05) is 0 Å². The van der Waals surface area contributed by atoms with Crippen molar-refractivity contribution in [3.63, 3.8) is 0 Å². The van der Waals surface area contributed by atoms with Crippen molar-refractivity contribution in [3.05, 3.63) is 16.7 Å². The van der Waals surface area contributed by atoms with Crippen LogP contribution in [0.15, 0.2) is 16.7 Å². The zero-order valence-corrected chi connectivity index (χ0v) is 11.0. The van der Waals surface area contributed by atoms with Crippen molar-refractivity contribution >= 4 is 39.1 Å². The maximum absolute atomic E-state index is 11.7. The van der Waals surface area contributed by atoms with Gasteiger partial charge in [-0.3, -0.25) is 4.79 Å². The molecule has 2 heterocycles. The van der Waals surface area contributed by atoms with E-state index in [0.29, 0.717) is 18.8 Å². The molecule has 86 valence electrons. The van der Waals surface area contributed by atoms with E-state index in [4.69, 9.17) is 16.3 Å². The Labute approximate surface area is 107 Å². The van der Waals surface area contributed by atoms with Crippen LogP contribution in [-0.2, 0) is 4.79 Å². The van der Waals surface area contributed by atoms with Gasteiger partial charge in [0.15, 0.2) is 0 Å². The topological polar surface area (TPSA) is 42.4 Å². The first kappa shape index (κ1) is 11.7. The van der Waals surface area contributed by atoms with E-state index in [1.165, 1.54) is 7.11 Å². The Hall–Kier alpha value is -0.810. The normalized spacial score (nSPS) is 20.3. The fourth-order valence-electron chi connectivity index (χ4n) is 1.62. The van der Waals surface area contributed by atoms with Gasteiger partial charge in [0.05, 0.1) is 22.6 Å². The summed E-state index contributed by atoms with van der Waals surface area (Å²) in [4.78, 5) is 17.4. The number of pyridine rings is 1. The molecule has 1 aliphatic heterocycles. The Balaban J connectivity index is 2.35. The molecule has 0 bridgehead atoms. The van der Waals surface area contributed by atoms with Gasteiger partial charge >= 0.3 is 0 Å². The maximum atomic E-state index is 11.7. The van der Waals surface area contributed by atoms with Crippen LogP contribution in [0.2, 0.25) is 0 Å². The standard InChI is InChI=1S/C10H10BrClN2O2/c1-16-9-3-8(7(11)4-13-9)14-5-6(12)2-10(14)15/h3-4,6H,2,5H2,1H3. The number of aromatic nitrogens is 1. The molecule has 4 nitrogen and oxygen atoms in total. The molecule has 0 aliphatic carbocycles. The van der Waals surface area contributed by atoms with Gasteiger partial charge in [-0.25, -0.2) is 4.98 Å². The zero-order valence-electron chi connectivity index (χ0n) is 8.61. The second-order valence-corrected chi connectivity index (χ2v) is 4.96. The van der Waals surface area contributed by atoms with E-state index in [0.717, 1.165) is 10.2 Å². The summed E-state index contributed by atoms with van der Waals surface area (Å²) in [5, 5.41) is -0.126. The van der Waals surface area contributed by atoms with Crippen LogP contribution in [0.3, 0.4) is 0 Å². The van der Waals surface area contributed by atoms with Crippen LogP contribution in [0.1, 0.15) is 6.42 Å². The van der Waals surface area contributed by atoms with Crippen LogP contribution in [-0.4, -0.2) is 29.9 Å². The highest BCUT2D eigenvalue weighted by Crippen LogP contribution is 2.32. The molecule has 0 N–H and O–H groups in total. The van der Waals surface area contributed by atoms with Gasteiger partial charge < -0.3 is 9.64 Å². The molecular formula is C10H10BrClN2O2. The number of ether oxygens (including phenoxy) is 1. The van der Waals surface area contributed by atoms with Crippen LogP contribution >= 0.6 is 27.5 Å². The Bertz CT molecular complexity index is 427. The van der Waals surface area contributed by atoms with Crippen molar-refractivity contribution in [2.45, 2.75) is 11.8 Å². The first-order valence-corrected chi connectivity index (χ1v) is 5.98. The third-order valence-electron chi connectivity index (χ3n) is 2.39. The fourth-order valence-corrected chi connectivity index (χ4v) is 2.33. The molecule has 0 aromatic carbocycles. The van der Waals surface area contributed by atoms with Crippen LogP contribution < -0.4 is 9.64 Å². The Kier molecular flexibility index (Phi) is 3.35. The molecule has 0 radical (unpaired) electrons. The highest BCUT2D eigenvalue weighted by Gasteiger charge is 2.30. The summed E-state index contributed by atoms with van der Waals surface area (Å²) in [6.07, 6.45) is 1.99. The van der Waals surface area contributed by atoms with E-state index in [2.05, 4.69) is 20.9 Å². The number of rotatable bonds is 2.